The highest BCUT2D eigenvalue weighted by atomic mass is 16.1. The zero-order valence-corrected chi connectivity index (χ0v) is 7.82. The van der Waals surface area contributed by atoms with Gasteiger partial charge in [-0.1, -0.05) is 6.07 Å². The number of Topliss-reactive ketones (excluding diaryl/α,β-unsaturated/α-hetero) is 1. The Bertz CT molecular complexity index is 317. The molecule has 3 heteroatoms. The Hall–Kier alpha value is -1.51. The van der Waals surface area contributed by atoms with Crippen LogP contribution in [0.3, 0.4) is 0 Å². The van der Waals surface area contributed by atoms with E-state index < -0.39 is 0 Å². The van der Waals surface area contributed by atoms with Gasteiger partial charge in [0.15, 0.2) is 5.78 Å². The van der Waals surface area contributed by atoms with Gasteiger partial charge in [0.05, 0.1) is 18.0 Å². The van der Waals surface area contributed by atoms with E-state index in [0.717, 1.165) is 5.69 Å². The SMILES string of the molecule is CC(=O)C(C)=NCc1ccccn1. The molecular weight excluding hydrogens is 164 g/mol. The highest BCUT2D eigenvalue weighted by molar-refractivity contribution is 6.37. The Balaban J connectivity index is 2.62. The minimum Gasteiger partial charge on any atom is -0.293 e. The second-order valence-electron chi connectivity index (χ2n) is 2.78. The Kier molecular flexibility index (Phi) is 3.31. The number of hydrogen-bond donors (Lipinski definition) is 0. The third-order valence-corrected chi connectivity index (χ3v) is 1.71. The molecule has 0 N–H and O–H groups in total. The number of carbonyl (C=O) groups is 1. The van der Waals surface area contributed by atoms with Crippen molar-refractivity contribution in [2.45, 2.75) is 20.4 Å². The molecule has 0 saturated heterocycles. The number of carbonyl (C=O) groups excluding carboxylic acids is 1. The fraction of sp³-hybridized carbons (Fsp3) is 0.300. The van der Waals surface area contributed by atoms with E-state index in [1.807, 2.05) is 18.2 Å². The molecule has 0 fully saturated rings. The van der Waals surface area contributed by atoms with Crippen LogP contribution < -0.4 is 0 Å². The Morgan fingerprint density at radius 1 is 1.46 bits per heavy atom. The predicted molar refractivity (Wildman–Crippen MR) is 51.7 cm³/mol. The summed E-state index contributed by atoms with van der Waals surface area (Å²) in [5.74, 6) is 0.0101. The number of nitrogens with zero attached hydrogens (tertiary/aromatic N) is 2. The van der Waals surface area contributed by atoms with Crippen molar-refractivity contribution in [3.05, 3.63) is 30.1 Å². The molecule has 68 valence electrons. The maximum atomic E-state index is 10.8. The van der Waals surface area contributed by atoms with Crippen LogP contribution >= 0.6 is 0 Å². The average Bonchev–Trinajstić information content (AvgIpc) is 2.15. The van der Waals surface area contributed by atoms with Crippen molar-refractivity contribution in [1.29, 1.82) is 0 Å². The molecule has 13 heavy (non-hydrogen) atoms. The second kappa shape index (κ2) is 4.50. The Morgan fingerprint density at radius 2 is 2.23 bits per heavy atom. The zero-order valence-electron chi connectivity index (χ0n) is 7.82. The third kappa shape index (κ3) is 3.15. The fourth-order valence-corrected chi connectivity index (χ4v) is 0.803. The van der Waals surface area contributed by atoms with Crippen molar-refractivity contribution in [3.63, 3.8) is 0 Å². The standard InChI is InChI=1S/C10H12N2O/c1-8(9(2)13)12-7-10-5-3-4-6-11-10/h3-6H,7H2,1-2H3. The van der Waals surface area contributed by atoms with Crippen molar-refractivity contribution in [2.24, 2.45) is 4.99 Å². The summed E-state index contributed by atoms with van der Waals surface area (Å²) in [5.41, 5.74) is 1.42. The zero-order chi connectivity index (χ0) is 9.68. The lowest BCUT2D eigenvalue weighted by molar-refractivity contribution is -0.111. The van der Waals surface area contributed by atoms with Crippen molar-refractivity contribution in [2.75, 3.05) is 0 Å². The molecule has 1 heterocycles. The molecule has 1 aromatic rings. The number of hydrogen-bond acceptors (Lipinski definition) is 3. The molecule has 1 rings (SSSR count). The van der Waals surface area contributed by atoms with Gasteiger partial charge in [-0.15, -0.1) is 0 Å². The largest absolute Gasteiger partial charge is 0.293 e. The van der Waals surface area contributed by atoms with Crippen LogP contribution in [0.2, 0.25) is 0 Å². The van der Waals surface area contributed by atoms with E-state index in [9.17, 15) is 4.79 Å². The summed E-state index contributed by atoms with van der Waals surface area (Å²) in [7, 11) is 0. The minimum absolute atomic E-state index is 0.0101. The molecule has 0 bridgehead atoms. The smallest absolute Gasteiger partial charge is 0.173 e. The van der Waals surface area contributed by atoms with Crippen LogP contribution in [0.5, 0.6) is 0 Å². The highest BCUT2D eigenvalue weighted by Gasteiger charge is 1.97. The van der Waals surface area contributed by atoms with E-state index in [2.05, 4.69) is 9.98 Å². The van der Waals surface area contributed by atoms with Crippen LogP contribution in [0.4, 0.5) is 0 Å². The molecule has 0 aliphatic heterocycles. The van der Waals surface area contributed by atoms with Gasteiger partial charge in [0.1, 0.15) is 0 Å². The molecule has 0 atom stereocenters. The molecule has 0 aromatic carbocycles. The number of pyridine rings is 1. The summed E-state index contributed by atoms with van der Waals surface area (Å²) in [6, 6.07) is 5.64. The minimum atomic E-state index is 0.0101. The quantitative estimate of drug-likeness (QED) is 0.657. The average molecular weight is 176 g/mol. The molecular formula is C10H12N2O. The number of rotatable bonds is 3. The summed E-state index contributed by atoms with van der Waals surface area (Å²) >= 11 is 0. The number of aromatic nitrogens is 1. The lowest BCUT2D eigenvalue weighted by Crippen LogP contribution is -2.04. The maximum Gasteiger partial charge on any atom is 0.173 e. The molecule has 3 nitrogen and oxygen atoms in total. The monoisotopic (exact) mass is 176 g/mol. The summed E-state index contributed by atoms with van der Waals surface area (Å²) in [4.78, 5) is 19.0. The van der Waals surface area contributed by atoms with Gasteiger partial charge in [-0.2, -0.15) is 0 Å². The van der Waals surface area contributed by atoms with Crippen LogP contribution in [0, 0.1) is 0 Å². The third-order valence-electron chi connectivity index (χ3n) is 1.71. The Labute approximate surface area is 77.5 Å². The van der Waals surface area contributed by atoms with Crippen LogP contribution in [0.25, 0.3) is 0 Å². The van der Waals surface area contributed by atoms with Gasteiger partial charge in [0.2, 0.25) is 0 Å². The first-order valence-electron chi connectivity index (χ1n) is 4.12. The Morgan fingerprint density at radius 3 is 2.77 bits per heavy atom. The van der Waals surface area contributed by atoms with Crippen LogP contribution in [0.15, 0.2) is 29.4 Å². The topological polar surface area (TPSA) is 42.3 Å². The van der Waals surface area contributed by atoms with E-state index >= 15 is 0 Å². The molecule has 0 spiro atoms. The van der Waals surface area contributed by atoms with E-state index in [4.69, 9.17) is 0 Å². The van der Waals surface area contributed by atoms with E-state index in [1.54, 1.807) is 13.1 Å². The number of ketones is 1. The van der Waals surface area contributed by atoms with E-state index in [0.29, 0.717) is 12.3 Å². The lowest BCUT2D eigenvalue weighted by atomic mass is 10.3. The van der Waals surface area contributed by atoms with E-state index in [-0.39, 0.29) is 5.78 Å². The highest BCUT2D eigenvalue weighted by Crippen LogP contribution is 1.96. The van der Waals surface area contributed by atoms with E-state index in [1.165, 1.54) is 6.92 Å². The summed E-state index contributed by atoms with van der Waals surface area (Å²) in [6.07, 6.45) is 1.72. The van der Waals surface area contributed by atoms with Crippen molar-refractivity contribution >= 4 is 11.5 Å². The van der Waals surface area contributed by atoms with Gasteiger partial charge < -0.3 is 0 Å². The molecule has 0 aliphatic carbocycles. The molecule has 0 aliphatic rings. The van der Waals surface area contributed by atoms with Gasteiger partial charge in [-0.25, -0.2) is 0 Å². The molecule has 0 radical (unpaired) electrons. The van der Waals surface area contributed by atoms with Crippen molar-refractivity contribution in [3.8, 4) is 0 Å². The van der Waals surface area contributed by atoms with Crippen LogP contribution in [0.1, 0.15) is 19.5 Å². The first-order chi connectivity index (χ1) is 6.20. The predicted octanol–water partition coefficient (Wildman–Crippen LogP) is 1.63. The lowest BCUT2D eigenvalue weighted by Gasteiger charge is -1.95. The number of aliphatic imine (C=N–C) groups is 1. The second-order valence-corrected chi connectivity index (χ2v) is 2.78. The first kappa shape index (κ1) is 9.58. The molecule has 0 unspecified atom stereocenters. The van der Waals surface area contributed by atoms with Crippen molar-refractivity contribution in [1.82, 2.24) is 4.98 Å². The van der Waals surface area contributed by atoms with Crippen LogP contribution in [-0.2, 0) is 11.3 Å². The first-order valence-corrected chi connectivity index (χ1v) is 4.12. The normalized spacial score (nSPS) is 11.4. The summed E-state index contributed by atoms with van der Waals surface area (Å²) in [5, 5.41) is 0. The van der Waals surface area contributed by atoms with Crippen LogP contribution in [-0.4, -0.2) is 16.5 Å². The van der Waals surface area contributed by atoms with Gasteiger partial charge in [-0.3, -0.25) is 14.8 Å². The summed E-state index contributed by atoms with van der Waals surface area (Å²) in [6.45, 7) is 3.70. The maximum absolute atomic E-state index is 10.8. The fourth-order valence-electron chi connectivity index (χ4n) is 0.803. The van der Waals surface area contributed by atoms with Crippen molar-refractivity contribution < 1.29 is 4.79 Å². The molecule has 0 saturated carbocycles. The van der Waals surface area contributed by atoms with Gasteiger partial charge in [0.25, 0.3) is 0 Å². The van der Waals surface area contributed by atoms with Gasteiger partial charge in [-0.05, 0) is 19.1 Å². The summed E-state index contributed by atoms with van der Waals surface area (Å²) < 4.78 is 0. The molecule has 0 amide bonds. The van der Waals surface area contributed by atoms with Gasteiger partial charge >= 0.3 is 0 Å². The molecule has 1 aromatic heterocycles. The van der Waals surface area contributed by atoms with Gasteiger partial charge in [0, 0.05) is 13.1 Å².